The molecule has 2 nitrogen and oxygen atoms in total. The zero-order chi connectivity index (χ0) is 9.54. The molecule has 1 fully saturated rings. The van der Waals surface area contributed by atoms with Crippen LogP contribution in [0.15, 0.2) is 29.3 Å². The van der Waals surface area contributed by atoms with Gasteiger partial charge >= 0.3 is 0 Å². The molecule has 0 aliphatic carbocycles. The normalized spacial score (nSPS) is 24.2. The minimum atomic E-state index is 0.683. The Morgan fingerprint density at radius 2 is 2.29 bits per heavy atom. The second-order valence-corrected chi connectivity index (χ2v) is 5.24. The molecule has 3 rings (SSSR count). The van der Waals surface area contributed by atoms with E-state index in [0.717, 1.165) is 18.8 Å². The lowest BCUT2D eigenvalue weighted by Gasteiger charge is -2.23. The number of thioether (sulfide) groups is 1. The molecule has 1 saturated heterocycles. The molecule has 3 heteroatoms. The molecule has 1 aromatic rings. The highest BCUT2D eigenvalue weighted by molar-refractivity contribution is 8.14. The Labute approximate surface area is 88.0 Å². The first-order valence-corrected chi connectivity index (χ1v) is 5.79. The summed E-state index contributed by atoms with van der Waals surface area (Å²) in [5.74, 6) is 0. The first-order valence-electron chi connectivity index (χ1n) is 4.91. The Balaban J connectivity index is 2.03. The summed E-state index contributed by atoms with van der Waals surface area (Å²) in [5.41, 5.74) is 2.51. The Morgan fingerprint density at radius 3 is 3.21 bits per heavy atom. The van der Waals surface area contributed by atoms with Gasteiger partial charge in [0.1, 0.15) is 0 Å². The number of rotatable bonds is 0. The highest BCUT2D eigenvalue weighted by Gasteiger charge is 2.28. The van der Waals surface area contributed by atoms with E-state index in [4.69, 9.17) is 0 Å². The van der Waals surface area contributed by atoms with E-state index in [1.165, 1.54) is 10.7 Å². The highest BCUT2D eigenvalue weighted by atomic mass is 32.2. The predicted octanol–water partition coefficient (Wildman–Crippen LogP) is 2.63. The van der Waals surface area contributed by atoms with Gasteiger partial charge in [-0.25, -0.2) is 4.99 Å². The summed E-state index contributed by atoms with van der Waals surface area (Å²) >= 11 is 1.89. The quantitative estimate of drug-likeness (QED) is 0.645. The molecule has 0 saturated carbocycles. The Hall–Kier alpha value is -0.960. The van der Waals surface area contributed by atoms with Crippen molar-refractivity contribution in [3.05, 3.63) is 29.8 Å². The van der Waals surface area contributed by atoms with E-state index >= 15 is 0 Å². The van der Waals surface area contributed by atoms with Gasteiger partial charge in [-0.15, -0.1) is 0 Å². The average Bonchev–Trinajstić information content (AvgIpc) is 2.53. The van der Waals surface area contributed by atoms with Crippen molar-refractivity contribution in [1.82, 2.24) is 4.90 Å². The summed E-state index contributed by atoms with van der Waals surface area (Å²) in [6.45, 7) is 4.43. The molecule has 72 valence electrons. The lowest BCUT2D eigenvalue weighted by molar-refractivity contribution is 0.432. The molecule has 0 N–H and O–H groups in total. The molecular formula is C11H12N2S. The van der Waals surface area contributed by atoms with Crippen LogP contribution in [0.2, 0.25) is 0 Å². The van der Waals surface area contributed by atoms with Crippen molar-refractivity contribution in [1.29, 1.82) is 0 Å². The van der Waals surface area contributed by atoms with Crippen LogP contribution in [-0.2, 0) is 6.54 Å². The van der Waals surface area contributed by atoms with Crippen LogP contribution in [0.5, 0.6) is 0 Å². The van der Waals surface area contributed by atoms with Gasteiger partial charge in [0.25, 0.3) is 0 Å². The minimum Gasteiger partial charge on any atom is -0.346 e. The molecule has 2 heterocycles. The lowest BCUT2D eigenvalue weighted by atomic mass is 10.1. The van der Waals surface area contributed by atoms with Crippen LogP contribution >= 0.6 is 11.8 Å². The van der Waals surface area contributed by atoms with Crippen molar-refractivity contribution in [3.63, 3.8) is 0 Å². The Morgan fingerprint density at radius 1 is 1.43 bits per heavy atom. The van der Waals surface area contributed by atoms with E-state index in [1.807, 2.05) is 11.8 Å². The van der Waals surface area contributed by atoms with Crippen LogP contribution in [0.3, 0.4) is 0 Å². The van der Waals surface area contributed by atoms with Gasteiger partial charge in [-0.2, -0.15) is 0 Å². The monoisotopic (exact) mass is 204 g/mol. The molecule has 0 spiro atoms. The second-order valence-electron chi connectivity index (χ2n) is 3.83. The summed E-state index contributed by atoms with van der Waals surface area (Å²) in [6, 6.07) is 8.42. The maximum atomic E-state index is 4.66. The number of amidine groups is 1. The summed E-state index contributed by atoms with van der Waals surface area (Å²) in [5, 5.41) is 1.89. The SMILES string of the molecule is CC1CN2Cc3ccccc3N=C2S1. The van der Waals surface area contributed by atoms with Crippen LogP contribution in [0.25, 0.3) is 0 Å². The number of hydrogen-bond acceptors (Lipinski definition) is 3. The maximum absolute atomic E-state index is 4.66. The predicted molar refractivity (Wildman–Crippen MR) is 61.0 cm³/mol. The summed E-state index contributed by atoms with van der Waals surface area (Å²) in [6.07, 6.45) is 0. The third kappa shape index (κ3) is 1.23. The van der Waals surface area contributed by atoms with Gasteiger partial charge in [-0.05, 0) is 11.6 Å². The number of aliphatic imine (C=N–C) groups is 1. The van der Waals surface area contributed by atoms with Crippen LogP contribution < -0.4 is 0 Å². The minimum absolute atomic E-state index is 0.683. The van der Waals surface area contributed by atoms with E-state index in [-0.39, 0.29) is 0 Å². The Bertz CT molecular complexity index is 400. The van der Waals surface area contributed by atoms with Gasteiger partial charge in [-0.1, -0.05) is 36.9 Å². The van der Waals surface area contributed by atoms with E-state index < -0.39 is 0 Å². The summed E-state index contributed by atoms with van der Waals surface area (Å²) in [4.78, 5) is 7.04. The van der Waals surface area contributed by atoms with Gasteiger partial charge < -0.3 is 4.90 Å². The van der Waals surface area contributed by atoms with Crippen LogP contribution in [0.1, 0.15) is 12.5 Å². The van der Waals surface area contributed by atoms with Crippen LogP contribution in [0.4, 0.5) is 5.69 Å². The largest absolute Gasteiger partial charge is 0.346 e. The van der Waals surface area contributed by atoms with Crippen molar-refractivity contribution in [2.75, 3.05) is 6.54 Å². The summed E-state index contributed by atoms with van der Waals surface area (Å²) in [7, 11) is 0. The zero-order valence-corrected chi connectivity index (χ0v) is 8.92. The molecule has 2 aliphatic rings. The molecule has 1 aromatic carbocycles. The van der Waals surface area contributed by atoms with E-state index in [2.05, 4.69) is 41.1 Å². The van der Waals surface area contributed by atoms with Crippen molar-refractivity contribution < 1.29 is 0 Å². The molecule has 1 unspecified atom stereocenters. The molecule has 1 atom stereocenters. The van der Waals surface area contributed by atoms with E-state index in [1.54, 1.807) is 0 Å². The van der Waals surface area contributed by atoms with Crippen molar-refractivity contribution in [3.8, 4) is 0 Å². The smallest absolute Gasteiger partial charge is 0.165 e. The highest BCUT2D eigenvalue weighted by Crippen LogP contribution is 2.35. The van der Waals surface area contributed by atoms with Gasteiger partial charge in [-0.3, -0.25) is 0 Å². The van der Waals surface area contributed by atoms with Crippen molar-refractivity contribution >= 4 is 22.6 Å². The van der Waals surface area contributed by atoms with Gasteiger partial charge in [0.05, 0.1) is 5.69 Å². The Kier molecular flexibility index (Phi) is 1.80. The molecular weight excluding hydrogens is 192 g/mol. The third-order valence-electron chi connectivity index (χ3n) is 2.62. The second kappa shape index (κ2) is 3.02. The van der Waals surface area contributed by atoms with Gasteiger partial charge in [0.15, 0.2) is 5.17 Å². The van der Waals surface area contributed by atoms with E-state index in [0.29, 0.717) is 5.25 Å². The number of nitrogens with zero attached hydrogens (tertiary/aromatic N) is 2. The molecule has 0 bridgehead atoms. The fraction of sp³-hybridized carbons (Fsp3) is 0.364. The number of hydrogen-bond donors (Lipinski definition) is 0. The van der Waals surface area contributed by atoms with Gasteiger partial charge in [0, 0.05) is 18.3 Å². The number of benzene rings is 1. The zero-order valence-electron chi connectivity index (χ0n) is 8.10. The van der Waals surface area contributed by atoms with Gasteiger partial charge in [0.2, 0.25) is 0 Å². The fourth-order valence-electron chi connectivity index (χ4n) is 1.97. The first kappa shape index (κ1) is 8.36. The third-order valence-corrected chi connectivity index (χ3v) is 3.74. The topological polar surface area (TPSA) is 15.6 Å². The molecule has 0 radical (unpaired) electrons. The standard InChI is InChI=1S/C11H12N2S/c1-8-6-13-7-9-4-2-3-5-10(9)12-11(13)14-8/h2-5,8H,6-7H2,1H3. The summed E-state index contributed by atoms with van der Waals surface area (Å²) < 4.78 is 0. The van der Waals surface area contributed by atoms with Crippen molar-refractivity contribution in [2.24, 2.45) is 4.99 Å². The van der Waals surface area contributed by atoms with E-state index in [9.17, 15) is 0 Å². The van der Waals surface area contributed by atoms with Crippen molar-refractivity contribution in [2.45, 2.75) is 18.7 Å². The molecule has 0 aromatic heterocycles. The number of fused-ring (bicyclic) bond motifs is 2. The van der Waals surface area contributed by atoms with Crippen LogP contribution in [0, 0.1) is 0 Å². The first-order chi connectivity index (χ1) is 6.83. The number of para-hydroxylation sites is 1. The molecule has 2 aliphatic heterocycles. The maximum Gasteiger partial charge on any atom is 0.165 e. The average molecular weight is 204 g/mol. The van der Waals surface area contributed by atoms with Crippen LogP contribution in [-0.4, -0.2) is 21.9 Å². The fourth-order valence-corrected chi connectivity index (χ4v) is 3.03. The molecule has 14 heavy (non-hydrogen) atoms. The molecule has 0 amide bonds. The lowest BCUT2D eigenvalue weighted by Crippen LogP contribution is -2.26.